The van der Waals surface area contributed by atoms with Gasteiger partial charge >= 0.3 is 0 Å². The van der Waals surface area contributed by atoms with E-state index in [2.05, 4.69) is 32.0 Å². The molecule has 4 heteroatoms. The third-order valence-electron chi connectivity index (χ3n) is 5.44. The molecule has 0 aromatic heterocycles. The van der Waals surface area contributed by atoms with Crippen LogP contribution in [0.4, 0.5) is 5.69 Å². The highest BCUT2D eigenvalue weighted by Crippen LogP contribution is 2.30. The minimum absolute atomic E-state index is 0.0622. The van der Waals surface area contributed by atoms with Gasteiger partial charge in [-0.25, -0.2) is 0 Å². The molecule has 0 atom stereocenters. The molecule has 0 aliphatic carbocycles. The molecule has 1 fully saturated rings. The van der Waals surface area contributed by atoms with Crippen LogP contribution in [0.25, 0.3) is 0 Å². The lowest BCUT2D eigenvalue weighted by Crippen LogP contribution is -2.45. The Morgan fingerprint density at radius 1 is 1.04 bits per heavy atom. The number of rotatable bonds is 3. The Morgan fingerprint density at radius 2 is 1.84 bits per heavy atom. The van der Waals surface area contributed by atoms with Crippen LogP contribution in [0.3, 0.4) is 0 Å². The lowest BCUT2D eigenvalue weighted by molar-refractivity contribution is -0.135. The lowest BCUT2D eigenvalue weighted by atomic mass is 9.94. The second kappa shape index (κ2) is 8.03. The summed E-state index contributed by atoms with van der Waals surface area (Å²) < 4.78 is 0. The van der Waals surface area contributed by atoms with Crippen LogP contribution in [0, 0.1) is 0 Å². The zero-order valence-corrected chi connectivity index (χ0v) is 15.6. The van der Waals surface area contributed by atoms with Gasteiger partial charge in [0.1, 0.15) is 6.54 Å². The molecule has 3 rings (SSSR count). The van der Waals surface area contributed by atoms with E-state index in [0.29, 0.717) is 12.3 Å². The van der Waals surface area contributed by atoms with Gasteiger partial charge < -0.3 is 9.80 Å². The molecular formula is C21H30N2O2. The molecule has 1 saturated heterocycles. The Kier molecular flexibility index (Phi) is 5.77. The maximum Gasteiger partial charge on any atom is 0.246 e. The molecule has 136 valence electrons. The molecule has 2 amide bonds. The number of fused-ring (bicyclic) bond motifs is 1. The molecule has 0 unspecified atom stereocenters. The largest absolute Gasteiger partial charge is 0.333 e. The van der Waals surface area contributed by atoms with E-state index in [-0.39, 0.29) is 18.4 Å². The van der Waals surface area contributed by atoms with Crippen molar-refractivity contribution in [3.63, 3.8) is 0 Å². The number of anilines is 1. The van der Waals surface area contributed by atoms with Gasteiger partial charge in [-0.1, -0.05) is 38.8 Å². The second-order valence-electron chi connectivity index (χ2n) is 7.67. The van der Waals surface area contributed by atoms with E-state index in [1.54, 1.807) is 4.90 Å². The second-order valence-corrected chi connectivity index (χ2v) is 7.67. The van der Waals surface area contributed by atoms with Crippen molar-refractivity contribution < 1.29 is 9.59 Å². The minimum Gasteiger partial charge on any atom is -0.333 e. The van der Waals surface area contributed by atoms with E-state index in [9.17, 15) is 9.59 Å². The number of hydrogen-bond donors (Lipinski definition) is 0. The highest BCUT2D eigenvalue weighted by atomic mass is 16.2. The van der Waals surface area contributed by atoms with Gasteiger partial charge in [-0.15, -0.1) is 0 Å². The number of nitrogens with zero attached hydrogens (tertiary/aromatic N) is 2. The normalized spacial score (nSPS) is 18.8. The molecule has 0 saturated carbocycles. The molecule has 1 aromatic rings. The van der Waals surface area contributed by atoms with E-state index in [1.165, 1.54) is 11.1 Å². The van der Waals surface area contributed by atoms with Gasteiger partial charge in [0.05, 0.1) is 0 Å². The fourth-order valence-electron chi connectivity index (χ4n) is 3.87. The van der Waals surface area contributed by atoms with Gasteiger partial charge in [-0.2, -0.15) is 0 Å². The van der Waals surface area contributed by atoms with Crippen LogP contribution in [0.2, 0.25) is 0 Å². The summed E-state index contributed by atoms with van der Waals surface area (Å²) in [4.78, 5) is 28.9. The fourth-order valence-corrected chi connectivity index (χ4v) is 3.87. The smallest absolute Gasteiger partial charge is 0.246 e. The van der Waals surface area contributed by atoms with Crippen molar-refractivity contribution >= 4 is 17.5 Å². The van der Waals surface area contributed by atoms with E-state index in [1.807, 2.05) is 4.90 Å². The topological polar surface area (TPSA) is 40.6 Å². The van der Waals surface area contributed by atoms with Gasteiger partial charge in [0, 0.05) is 25.2 Å². The molecule has 4 nitrogen and oxygen atoms in total. The van der Waals surface area contributed by atoms with Crippen LogP contribution >= 0.6 is 0 Å². The summed E-state index contributed by atoms with van der Waals surface area (Å²) in [6.45, 7) is 6.10. The van der Waals surface area contributed by atoms with E-state index >= 15 is 0 Å². The molecule has 0 radical (unpaired) electrons. The standard InChI is InChI=1S/C21H30N2O2/c1-16(2)17-10-11-19-18(14-17)8-7-13-23(19)21(25)15-22-12-6-4-3-5-9-20(22)24/h10-11,14,16H,3-9,12-13,15H2,1-2H3. The summed E-state index contributed by atoms with van der Waals surface area (Å²) in [5.74, 6) is 0.697. The highest BCUT2D eigenvalue weighted by molar-refractivity contribution is 5.97. The van der Waals surface area contributed by atoms with E-state index in [0.717, 1.165) is 57.3 Å². The molecule has 2 heterocycles. The molecule has 2 aliphatic rings. The summed E-state index contributed by atoms with van der Waals surface area (Å²) in [6.07, 6.45) is 6.85. The first-order chi connectivity index (χ1) is 12.1. The first kappa shape index (κ1) is 18.0. The third kappa shape index (κ3) is 4.23. The summed E-state index contributed by atoms with van der Waals surface area (Å²) in [5, 5.41) is 0. The van der Waals surface area contributed by atoms with Crippen molar-refractivity contribution in [3.8, 4) is 0 Å². The zero-order chi connectivity index (χ0) is 17.8. The number of likely N-dealkylation sites (tertiary alicyclic amines) is 1. The van der Waals surface area contributed by atoms with Crippen molar-refractivity contribution in [1.82, 2.24) is 4.90 Å². The van der Waals surface area contributed by atoms with E-state index < -0.39 is 0 Å². The van der Waals surface area contributed by atoms with Crippen LogP contribution in [0.15, 0.2) is 18.2 Å². The Labute approximate surface area is 151 Å². The summed E-state index contributed by atoms with van der Waals surface area (Å²) >= 11 is 0. The summed E-state index contributed by atoms with van der Waals surface area (Å²) in [6, 6.07) is 6.48. The number of aryl methyl sites for hydroxylation is 1. The summed E-state index contributed by atoms with van der Waals surface area (Å²) in [7, 11) is 0. The zero-order valence-electron chi connectivity index (χ0n) is 15.6. The molecule has 0 spiro atoms. The minimum atomic E-state index is 0.0622. The average molecular weight is 342 g/mol. The number of carbonyl (C=O) groups excluding carboxylic acids is 2. The van der Waals surface area contributed by atoms with Gasteiger partial charge in [-0.05, 0) is 48.8 Å². The summed E-state index contributed by atoms with van der Waals surface area (Å²) in [5.41, 5.74) is 3.64. The number of hydrogen-bond acceptors (Lipinski definition) is 2. The highest BCUT2D eigenvalue weighted by Gasteiger charge is 2.26. The number of carbonyl (C=O) groups is 2. The fraction of sp³-hybridized carbons (Fsp3) is 0.619. The Morgan fingerprint density at radius 3 is 2.64 bits per heavy atom. The van der Waals surface area contributed by atoms with Crippen molar-refractivity contribution in [2.45, 2.75) is 64.7 Å². The molecular weight excluding hydrogens is 312 g/mol. The van der Waals surface area contributed by atoms with Crippen molar-refractivity contribution in [2.75, 3.05) is 24.5 Å². The predicted molar refractivity (Wildman–Crippen MR) is 101 cm³/mol. The van der Waals surface area contributed by atoms with Crippen molar-refractivity contribution in [3.05, 3.63) is 29.3 Å². The number of benzene rings is 1. The van der Waals surface area contributed by atoms with Crippen LogP contribution in [0.1, 0.15) is 69.4 Å². The molecule has 1 aromatic carbocycles. The van der Waals surface area contributed by atoms with Gasteiger partial charge in [0.2, 0.25) is 11.8 Å². The molecule has 0 bridgehead atoms. The van der Waals surface area contributed by atoms with Gasteiger partial charge in [-0.3, -0.25) is 9.59 Å². The predicted octanol–water partition coefficient (Wildman–Crippen LogP) is 3.88. The van der Waals surface area contributed by atoms with Crippen LogP contribution in [-0.4, -0.2) is 36.3 Å². The van der Waals surface area contributed by atoms with Crippen LogP contribution in [0.5, 0.6) is 0 Å². The monoisotopic (exact) mass is 342 g/mol. The van der Waals surface area contributed by atoms with Gasteiger partial charge in [0.25, 0.3) is 0 Å². The molecule has 25 heavy (non-hydrogen) atoms. The lowest BCUT2D eigenvalue weighted by Gasteiger charge is -2.33. The van der Waals surface area contributed by atoms with E-state index in [4.69, 9.17) is 0 Å². The Balaban J connectivity index is 1.74. The SMILES string of the molecule is CC(C)c1ccc2c(c1)CCCN2C(=O)CN1CCCCCCC1=O. The third-order valence-corrected chi connectivity index (χ3v) is 5.44. The van der Waals surface area contributed by atoms with Crippen LogP contribution in [-0.2, 0) is 16.0 Å². The van der Waals surface area contributed by atoms with Crippen LogP contribution < -0.4 is 4.90 Å². The van der Waals surface area contributed by atoms with Gasteiger partial charge in [0.15, 0.2) is 0 Å². The first-order valence-electron chi connectivity index (χ1n) is 9.77. The average Bonchev–Trinajstić information content (AvgIpc) is 2.60. The maximum absolute atomic E-state index is 12.9. The van der Waals surface area contributed by atoms with Crippen molar-refractivity contribution in [2.24, 2.45) is 0 Å². The first-order valence-corrected chi connectivity index (χ1v) is 9.77. The van der Waals surface area contributed by atoms with Crippen molar-refractivity contribution in [1.29, 1.82) is 0 Å². The Hall–Kier alpha value is -1.84. The molecule has 2 aliphatic heterocycles. The number of amides is 2. The maximum atomic E-state index is 12.9. The quantitative estimate of drug-likeness (QED) is 0.836. The molecule has 0 N–H and O–H groups in total. The Bertz CT molecular complexity index is 639.